The number of hydrogen-bond donors (Lipinski definition) is 2. The van der Waals surface area contributed by atoms with E-state index in [1.807, 2.05) is 0 Å². The van der Waals surface area contributed by atoms with Crippen LogP contribution in [0.4, 0.5) is 0 Å². The molecule has 1 fully saturated rings. The van der Waals surface area contributed by atoms with Crippen LogP contribution in [0, 0.1) is 0 Å². The average molecular weight is 577 g/mol. The second-order valence-corrected chi connectivity index (χ2v) is 9.95. The number of ether oxygens (including phenoxy) is 4. The highest BCUT2D eigenvalue weighted by Crippen LogP contribution is 2.28. The molecule has 0 aliphatic carbocycles. The minimum Gasteiger partial charge on any atom is -0.497 e. The van der Waals surface area contributed by atoms with Gasteiger partial charge in [-0.05, 0) is 30.3 Å². The number of methoxy groups -OCH3 is 2. The van der Waals surface area contributed by atoms with Crippen molar-refractivity contribution in [3.63, 3.8) is 0 Å². The van der Waals surface area contributed by atoms with Crippen molar-refractivity contribution in [2.75, 3.05) is 33.9 Å². The fourth-order valence-corrected chi connectivity index (χ4v) is 4.92. The molecule has 2 N–H and O–H groups in total. The van der Waals surface area contributed by atoms with Crippen molar-refractivity contribution >= 4 is 17.7 Å². The van der Waals surface area contributed by atoms with Crippen LogP contribution in [0.3, 0.4) is 0 Å². The predicted molar refractivity (Wildman–Crippen MR) is 151 cm³/mol. The Morgan fingerprint density at radius 3 is 2.64 bits per heavy atom. The lowest BCUT2D eigenvalue weighted by Gasteiger charge is -2.22. The van der Waals surface area contributed by atoms with E-state index in [2.05, 4.69) is 10.6 Å². The van der Waals surface area contributed by atoms with Crippen LogP contribution in [0.5, 0.6) is 23.0 Å². The number of fused-ring (bicyclic) bond motifs is 7. The third-order valence-electron chi connectivity index (χ3n) is 7.17. The van der Waals surface area contributed by atoms with Crippen LogP contribution in [-0.2, 0) is 22.7 Å². The van der Waals surface area contributed by atoms with Crippen molar-refractivity contribution in [2.24, 2.45) is 0 Å². The first-order valence-corrected chi connectivity index (χ1v) is 13.5. The molecule has 0 saturated carbocycles. The zero-order chi connectivity index (χ0) is 29.6. The fourth-order valence-electron chi connectivity index (χ4n) is 4.92. The zero-order valence-electron chi connectivity index (χ0n) is 23.3. The average Bonchev–Trinajstić information content (AvgIpc) is 3.39. The summed E-state index contributed by atoms with van der Waals surface area (Å²) in [4.78, 5) is 52.8. The lowest BCUT2D eigenvalue weighted by atomic mass is 10.1. The Kier molecular flexibility index (Phi) is 8.60. The van der Waals surface area contributed by atoms with Crippen LogP contribution in [0.2, 0.25) is 0 Å². The number of pyridine rings is 1. The van der Waals surface area contributed by atoms with Gasteiger partial charge < -0.3 is 39.0 Å². The number of rotatable bonds is 5. The summed E-state index contributed by atoms with van der Waals surface area (Å²) >= 11 is 0. The molecule has 4 bridgehead atoms. The monoisotopic (exact) mass is 576 g/mol. The minimum atomic E-state index is -0.579. The van der Waals surface area contributed by atoms with Gasteiger partial charge in [-0.25, -0.2) is 0 Å². The zero-order valence-corrected chi connectivity index (χ0v) is 23.3. The second-order valence-electron chi connectivity index (χ2n) is 9.95. The number of benzene rings is 2. The lowest BCUT2D eigenvalue weighted by Crippen LogP contribution is -2.45. The molecule has 1 aromatic heterocycles. The summed E-state index contributed by atoms with van der Waals surface area (Å²) < 4.78 is 24.3. The molecule has 6 rings (SSSR count). The number of amides is 3. The summed E-state index contributed by atoms with van der Waals surface area (Å²) in [6.45, 7) is 0.599. The molecule has 3 amide bonds. The maximum absolute atomic E-state index is 13.4. The van der Waals surface area contributed by atoms with Crippen LogP contribution < -0.4 is 35.1 Å². The van der Waals surface area contributed by atoms with Gasteiger partial charge in [-0.2, -0.15) is 0 Å². The fraction of sp³-hybridized carbons (Fsp3) is 0.333. The van der Waals surface area contributed by atoms with Gasteiger partial charge >= 0.3 is 0 Å². The normalized spacial score (nSPS) is 18.6. The third-order valence-corrected chi connectivity index (χ3v) is 7.17. The molecule has 0 spiro atoms. The number of carbonyl (C=O) groups excluding carboxylic acids is 3. The molecular weight excluding hydrogens is 544 g/mol. The van der Waals surface area contributed by atoms with Gasteiger partial charge in [-0.15, -0.1) is 0 Å². The van der Waals surface area contributed by atoms with Crippen molar-refractivity contribution in [1.29, 1.82) is 0 Å². The van der Waals surface area contributed by atoms with E-state index >= 15 is 0 Å². The Morgan fingerprint density at radius 1 is 1.00 bits per heavy atom. The van der Waals surface area contributed by atoms with Gasteiger partial charge in [0.05, 0.1) is 26.8 Å². The summed E-state index contributed by atoms with van der Waals surface area (Å²) in [6, 6.07) is 14.2. The number of nitrogens with zero attached hydrogens (tertiary/aromatic N) is 2. The highest BCUT2D eigenvalue weighted by Gasteiger charge is 2.38. The molecule has 220 valence electrons. The number of likely N-dealkylation sites (tertiary alicyclic amines) is 1. The van der Waals surface area contributed by atoms with Crippen molar-refractivity contribution in [2.45, 2.75) is 31.7 Å². The Balaban J connectivity index is 1.42. The van der Waals surface area contributed by atoms with Crippen molar-refractivity contribution in [3.8, 4) is 23.0 Å². The summed E-state index contributed by atoms with van der Waals surface area (Å²) in [5.41, 5.74) is 0.804. The SMILES string of the molecule is COc1cc2cc(c1)C(=O)N[C@H]1CN(C(=O)CCn3ccccc3=O)C[C@@H]1Oc1ccc(c(OC)c1)CNC(=O)CO2. The largest absolute Gasteiger partial charge is 0.497 e. The number of carbonyl (C=O) groups is 3. The quantitative estimate of drug-likeness (QED) is 0.465. The molecular formula is C30H32N4O8. The Labute approximate surface area is 242 Å². The van der Waals surface area contributed by atoms with E-state index in [0.717, 1.165) is 5.56 Å². The molecule has 2 aromatic carbocycles. The van der Waals surface area contributed by atoms with Crippen molar-refractivity contribution in [3.05, 3.63) is 82.3 Å². The summed E-state index contributed by atoms with van der Waals surface area (Å²) in [5, 5.41) is 5.79. The number of aryl methyl sites for hydroxylation is 1. The maximum atomic E-state index is 13.4. The van der Waals surface area contributed by atoms with Crippen molar-refractivity contribution < 1.29 is 33.3 Å². The van der Waals surface area contributed by atoms with Crippen LogP contribution in [0.25, 0.3) is 0 Å². The number of hydrogen-bond acceptors (Lipinski definition) is 8. The van der Waals surface area contributed by atoms with Gasteiger partial charge in [0.15, 0.2) is 6.61 Å². The Morgan fingerprint density at radius 2 is 1.86 bits per heavy atom. The maximum Gasteiger partial charge on any atom is 0.258 e. The van der Waals surface area contributed by atoms with Gasteiger partial charge in [0.25, 0.3) is 17.4 Å². The van der Waals surface area contributed by atoms with Gasteiger partial charge in [-0.3, -0.25) is 19.2 Å². The first-order valence-electron chi connectivity index (χ1n) is 13.5. The van der Waals surface area contributed by atoms with E-state index in [0.29, 0.717) is 17.2 Å². The summed E-state index contributed by atoms with van der Waals surface area (Å²) in [5.74, 6) is 0.704. The molecule has 3 aliphatic heterocycles. The van der Waals surface area contributed by atoms with Crippen LogP contribution in [0.15, 0.2) is 65.6 Å². The summed E-state index contributed by atoms with van der Waals surface area (Å²) in [6.07, 6.45) is 1.18. The molecule has 4 heterocycles. The van der Waals surface area contributed by atoms with Crippen LogP contribution >= 0.6 is 0 Å². The van der Waals surface area contributed by atoms with E-state index in [1.165, 1.54) is 30.9 Å². The van der Waals surface area contributed by atoms with E-state index < -0.39 is 18.1 Å². The smallest absolute Gasteiger partial charge is 0.258 e. The molecule has 12 heteroatoms. The van der Waals surface area contributed by atoms with Gasteiger partial charge in [0, 0.05) is 61.6 Å². The first-order chi connectivity index (χ1) is 20.3. The number of nitrogens with one attached hydrogen (secondary N) is 2. The lowest BCUT2D eigenvalue weighted by molar-refractivity contribution is -0.130. The third kappa shape index (κ3) is 6.65. The highest BCUT2D eigenvalue weighted by molar-refractivity contribution is 5.95. The minimum absolute atomic E-state index is 0.113. The van der Waals surface area contributed by atoms with Gasteiger partial charge in [-0.1, -0.05) is 6.07 Å². The molecule has 0 radical (unpaired) electrons. The Hall–Kier alpha value is -5.00. The van der Waals surface area contributed by atoms with Gasteiger partial charge in [0.2, 0.25) is 5.91 Å². The molecule has 3 aliphatic rings. The second kappa shape index (κ2) is 12.7. The van der Waals surface area contributed by atoms with E-state index in [1.54, 1.807) is 53.6 Å². The van der Waals surface area contributed by atoms with E-state index in [4.69, 9.17) is 18.9 Å². The Bertz CT molecular complexity index is 1540. The predicted octanol–water partition coefficient (Wildman–Crippen LogP) is 1.35. The van der Waals surface area contributed by atoms with E-state index in [-0.39, 0.29) is 67.9 Å². The number of aromatic nitrogens is 1. The van der Waals surface area contributed by atoms with E-state index in [9.17, 15) is 19.2 Å². The van der Waals surface area contributed by atoms with Crippen LogP contribution in [-0.4, -0.2) is 73.3 Å². The molecule has 42 heavy (non-hydrogen) atoms. The highest BCUT2D eigenvalue weighted by atomic mass is 16.5. The van der Waals surface area contributed by atoms with Crippen LogP contribution in [0.1, 0.15) is 22.3 Å². The molecule has 12 nitrogen and oxygen atoms in total. The van der Waals surface area contributed by atoms with Gasteiger partial charge in [0.1, 0.15) is 29.1 Å². The molecule has 0 unspecified atom stereocenters. The standard InChI is InChI=1S/C30H32N4O8/c1-39-22-11-20-12-23(13-22)41-18-27(35)31-15-19-6-7-21(14-25(19)40-2)42-26-17-34(16-24(26)32-30(20)38)29(37)8-10-33-9-4-3-5-28(33)36/h3-7,9,11-14,24,26H,8,10,15-18H2,1-2H3,(H,31,35)(H,32,38)/t24-,26-/m0/s1. The topological polar surface area (TPSA) is 137 Å². The summed E-state index contributed by atoms with van der Waals surface area (Å²) in [7, 11) is 2.99. The molecule has 2 atom stereocenters. The first kappa shape index (κ1) is 28.5. The molecule has 1 saturated heterocycles. The molecule has 3 aromatic rings. The van der Waals surface area contributed by atoms with Crippen molar-refractivity contribution in [1.82, 2.24) is 20.1 Å².